The Balaban J connectivity index is 1.40. The number of allylic oxidation sites excluding steroid dienone is 4. The molecule has 0 amide bonds. The Labute approximate surface area is 269 Å². The van der Waals surface area contributed by atoms with E-state index in [0.29, 0.717) is 7.35 Å². The molecule has 0 spiro atoms. The number of para-hydroxylation sites is 4. The molecule has 0 fully saturated rings. The predicted octanol–water partition coefficient (Wildman–Crippen LogP) is 10.6. The zero-order chi connectivity index (χ0) is 30.3. The van der Waals surface area contributed by atoms with Gasteiger partial charge in [-0.25, -0.2) is 0 Å². The van der Waals surface area contributed by atoms with Crippen molar-refractivity contribution in [3.8, 4) is 11.4 Å². The Bertz CT molecular complexity index is 1990. The molecule has 6 aromatic rings. The van der Waals surface area contributed by atoms with Crippen LogP contribution in [0.15, 0.2) is 120 Å². The zero-order valence-electron chi connectivity index (χ0n) is 26.5. The van der Waals surface area contributed by atoms with E-state index in [-0.39, 0.29) is 0 Å². The SMILES string of the molecule is CC1=C(C)[CH]([Hf]([CH]2C(C)=C(C)c3c2c2ccccc2n3-c2ccccc2)[SiH](C)C)c2c1n(-c1ccccc1)c1ccccc21. The van der Waals surface area contributed by atoms with Crippen molar-refractivity contribution in [2.45, 2.75) is 48.1 Å². The summed E-state index contributed by atoms with van der Waals surface area (Å²) < 4.78 is 6.36. The molecule has 2 nitrogen and oxygen atoms in total. The molecule has 44 heavy (non-hydrogen) atoms. The van der Waals surface area contributed by atoms with Crippen LogP contribution in [0.1, 0.15) is 57.6 Å². The van der Waals surface area contributed by atoms with Crippen LogP contribution in [0, 0.1) is 0 Å². The number of nitrogens with zero attached hydrogens (tertiary/aromatic N) is 2. The molecule has 2 unspecified atom stereocenters. The van der Waals surface area contributed by atoms with Crippen molar-refractivity contribution in [3.63, 3.8) is 0 Å². The van der Waals surface area contributed by atoms with Gasteiger partial charge < -0.3 is 0 Å². The molecule has 8 rings (SSSR count). The van der Waals surface area contributed by atoms with E-state index in [4.69, 9.17) is 0 Å². The van der Waals surface area contributed by atoms with Crippen LogP contribution in [0.5, 0.6) is 0 Å². The summed E-state index contributed by atoms with van der Waals surface area (Å²) in [5.41, 5.74) is 17.8. The molecule has 2 aliphatic rings. The fourth-order valence-corrected chi connectivity index (χ4v) is 41.8. The number of benzene rings is 4. The van der Waals surface area contributed by atoms with Gasteiger partial charge in [-0.3, -0.25) is 0 Å². The van der Waals surface area contributed by atoms with Gasteiger partial charge in [0.2, 0.25) is 0 Å². The van der Waals surface area contributed by atoms with Crippen LogP contribution >= 0.6 is 0 Å². The second-order valence-corrected chi connectivity index (χ2v) is 41.0. The van der Waals surface area contributed by atoms with Crippen molar-refractivity contribution >= 4 is 38.9 Å². The third-order valence-corrected chi connectivity index (χ3v) is 41.7. The first kappa shape index (κ1) is 28.0. The van der Waals surface area contributed by atoms with E-state index >= 15 is 0 Å². The van der Waals surface area contributed by atoms with Crippen LogP contribution < -0.4 is 0 Å². The summed E-state index contributed by atoms with van der Waals surface area (Å²) in [6.07, 6.45) is 0. The van der Waals surface area contributed by atoms with Gasteiger partial charge in [0.05, 0.1) is 0 Å². The molecular weight excluding hydrogens is 715 g/mol. The summed E-state index contributed by atoms with van der Waals surface area (Å²) in [5, 5.41) is 2.93. The van der Waals surface area contributed by atoms with E-state index in [9.17, 15) is 0 Å². The van der Waals surface area contributed by atoms with Crippen LogP contribution in [-0.2, 0) is 20.6 Å². The maximum absolute atomic E-state index is 2.69. The van der Waals surface area contributed by atoms with Gasteiger partial charge in [-0.1, -0.05) is 0 Å². The third-order valence-electron chi connectivity index (χ3n) is 10.5. The van der Waals surface area contributed by atoms with Crippen LogP contribution in [0.25, 0.3) is 44.3 Å². The van der Waals surface area contributed by atoms with E-state index < -0.39 is 26.6 Å². The number of fused-ring (bicyclic) bond motifs is 6. The number of aromatic nitrogens is 2. The van der Waals surface area contributed by atoms with Gasteiger partial charge >= 0.3 is 271 Å². The predicted molar refractivity (Wildman–Crippen MR) is 187 cm³/mol. The van der Waals surface area contributed by atoms with Gasteiger partial charge in [-0.15, -0.1) is 0 Å². The molecule has 2 aromatic heterocycles. The Morgan fingerprint density at radius 2 is 0.864 bits per heavy atom. The number of rotatable bonds is 5. The topological polar surface area (TPSA) is 9.86 Å². The molecule has 0 bridgehead atoms. The average Bonchev–Trinajstić information content (AvgIpc) is 3.72. The monoisotopic (exact) mass is 755 g/mol. The van der Waals surface area contributed by atoms with Crippen molar-refractivity contribution in [2.24, 2.45) is 0 Å². The minimum absolute atomic E-state index is 0.606. The molecule has 0 radical (unpaired) electrons. The van der Waals surface area contributed by atoms with Gasteiger partial charge in [0.1, 0.15) is 0 Å². The number of hydrogen-bond donors (Lipinski definition) is 0. The molecule has 0 aliphatic heterocycles. The fourth-order valence-electron chi connectivity index (χ4n) is 8.45. The normalized spacial score (nSPS) is 17.8. The summed E-state index contributed by atoms with van der Waals surface area (Å²) in [6.45, 7) is 15.2. The average molecular weight is 754 g/mol. The van der Waals surface area contributed by atoms with E-state index in [1.807, 2.05) is 0 Å². The maximum atomic E-state index is 2.69. The van der Waals surface area contributed by atoms with Gasteiger partial charge in [-0.2, -0.15) is 0 Å². The molecule has 2 atom stereocenters. The van der Waals surface area contributed by atoms with Crippen molar-refractivity contribution in [1.29, 1.82) is 0 Å². The molecule has 0 N–H and O–H groups in total. The van der Waals surface area contributed by atoms with Crippen molar-refractivity contribution < 1.29 is 20.6 Å². The summed E-state index contributed by atoms with van der Waals surface area (Å²) >= 11 is -2.53. The second-order valence-electron chi connectivity index (χ2n) is 13.0. The first-order chi connectivity index (χ1) is 21.4. The Hall–Kier alpha value is -3.47. The van der Waals surface area contributed by atoms with Crippen molar-refractivity contribution in [1.82, 2.24) is 9.13 Å². The second kappa shape index (κ2) is 10.6. The molecule has 2 aliphatic carbocycles. The molecule has 0 saturated heterocycles. The summed E-state index contributed by atoms with van der Waals surface area (Å²) in [7, 11) is 0. The van der Waals surface area contributed by atoms with Crippen molar-refractivity contribution in [2.75, 3.05) is 0 Å². The molecule has 0 saturated carbocycles. The summed E-state index contributed by atoms with van der Waals surface area (Å²) in [5.74, 6) is -1.00. The molecule has 4 heteroatoms. The molecule has 217 valence electrons. The summed E-state index contributed by atoms with van der Waals surface area (Å²) in [6, 6.07) is 40.5. The Kier molecular flexibility index (Phi) is 6.73. The molecule has 2 heterocycles. The fraction of sp³-hybridized carbons (Fsp3) is 0.200. The first-order valence-corrected chi connectivity index (χ1v) is 29.3. The van der Waals surface area contributed by atoms with E-state index in [1.54, 1.807) is 22.3 Å². The van der Waals surface area contributed by atoms with Gasteiger partial charge in [-0.05, 0) is 0 Å². The number of hydrogen-bond acceptors (Lipinski definition) is 0. The van der Waals surface area contributed by atoms with E-state index in [0.717, 1.165) is 0 Å². The van der Waals surface area contributed by atoms with Crippen LogP contribution in [0.3, 0.4) is 0 Å². The quantitative estimate of drug-likeness (QED) is 0.155. The standard InChI is InChI=1S/2C19H16N.C2H7Si.Hf/c2*1-13-12-17-16-10-6-7-11-18(16)20(19(17)14(13)2)15-8-4-3-5-9-15;1-3-2;/h2*3-12H,1-2H3;3H,1-2H3;. The zero-order valence-corrected chi connectivity index (χ0v) is 31.3. The van der Waals surface area contributed by atoms with E-state index in [1.165, 1.54) is 55.7 Å². The summed E-state index contributed by atoms with van der Waals surface area (Å²) in [4.78, 5) is 0. The van der Waals surface area contributed by atoms with Crippen molar-refractivity contribution in [3.05, 3.63) is 143 Å². The Morgan fingerprint density at radius 1 is 0.500 bits per heavy atom. The minimum atomic E-state index is -2.53. The molecular formula is C40H39HfN2Si. The third kappa shape index (κ3) is 3.86. The van der Waals surface area contributed by atoms with Crippen LogP contribution in [0.2, 0.25) is 13.1 Å². The molecule has 4 aromatic carbocycles. The first-order valence-electron chi connectivity index (χ1n) is 16.0. The van der Waals surface area contributed by atoms with Crippen LogP contribution in [-0.4, -0.2) is 15.1 Å². The van der Waals surface area contributed by atoms with Gasteiger partial charge in [0.25, 0.3) is 0 Å². The van der Waals surface area contributed by atoms with Gasteiger partial charge in [0.15, 0.2) is 0 Å². The van der Waals surface area contributed by atoms with Crippen LogP contribution in [0.4, 0.5) is 0 Å². The Morgan fingerprint density at radius 3 is 1.25 bits per heavy atom. The van der Waals surface area contributed by atoms with E-state index in [2.05, 4.69) is 159 Å². The van der Waals surface area contributed by atoms with Gasteiger partial charge in [0, 0.05) is 0 Å².